The van der Waals surface area contributed by atoms with Gasteiger partial charge in [0.1, 0.15) is 5.75 Å². The van der Waals surface area contributed by atoms with Crippen LogP contribution >= 0.6 is 0 Å². The van der Waals surface area contributed by atoms with Gasteiger partial charge in [0.05, 0.1) is 5.56 Å². The molecule has 0 saturated heterocycles. The Kier molecular flexibility index (Phi) is 2.21. The molecule has 15 heavy (non-hydrogen) atoms. The summed E-state index contributed by atoms with van der Waals surface area (Å²) in [7, 11) is 0. The Labute approximate surface area is 86.0 Å². The minimum atomic E-state index is -0.0776. The maximum absolute atomic E-state index is 10.8. The average Bonchev–Trinajstić information content (AvgIpc) is 2.30. The molecule has 2 aromatic carbocycles. The normalized spacial score (nSPS) is 10.1. The molecule has 2 rings (SSSR count). The number of phenolic OH excluding ortho intramolecular Hbond substituents is 1. The molecule has 0 unspecified atom stereocenters. The lowest BCUT2D eigenvalue weighted by Crippen LogP contribution is -1.89. The second-order valence-corrected chi connectivity index (χ2v) is 3.18. The van der Waals surface area contributed by atoms with E-state index in [2.05, 4.69) is 0 Å². The zero-order valence-electron chi connectivity index (χ0n) is 7.81. The second-order valence-electron chi connectivity index (χ2n) is 3.18. The third-order valence-corrected chi connectivity index (χ3v) is 2.33. The van der Waals surface area contributed by atoms with Crippen molar-refractivity contribution >= 4 is 23.3 Å². The van der Waals surface area contributed by atoms with Crippen molar-refractivity contribution in [2.24, 2.45) is 0 Å². The minimum Gasteiger partial charge on any atom is -0.507 e. The van der Waals surface area contributed by atoms with Gasteiger partial charge in [-0.15, -0.1) is 0 Å². The molecule has 3 heteroatoms. The molecule has 0 aromatic heterocycles. The van der Waals surface area contributed by atoms with E-state index in [1.807, 2.05) is 0 Å². The number of aldehydes is 2. The summed E-state index contributed by atoms with van der Waals surface area (Å²) in [6.45, 7) is 0. The second kappa shape index (κ2) is 3.53. The fourth-order valence-corrected chi connectivity index (χ4v) is 1.60. The highest BCUT2D eigenvalue weighted by atomic mass is 16.3. The molecule has 0 amide bonds. The third kappa shape index (κ3) is 1.38. The maximum atomic E-state index is 10.8. The van der Waals surface area contributed by atoms with Gasteiger partial charge in [-0.3, -0.25) is 9.59 Å². The Morgan fingerprint density at radius 1 is 0.933 bits per heavy atom. The summed E-state index contributed by atoms with van der Waals surface area (Å²) in [6, 6.07) is 8.30. The number of fused-ring (bicyclic) bond motifs is 1. The molecular weight excluding hydrogens is 192 g/mol. The summed E-state index contributed by atoms with van der Waals surface area (Å²) in [5.74, 6) is -0.0776. The average molecular weight is 200 g/mol. The number of carbonyl (C=O) groups is 2. The zero-order chi connectivity index (χ0) is 10.8. The number of hydrogen-bond acceptors (Lipinski definition) is 3. The van der Waals surface area contributed by atoms with Crippen LogP contribution in [0.2, 0.25) is 0 Å². The van der Waals surface area contributed by atoms with Crippen molar-refractivity contribution in [3.63, 3.8) is 0 Å². The van der Waals surface area contributed by atoms with Crippen molar-refractivity contribution < 1.29 is 14.7 Å². The number of carbonyl (C=O) groups excluding carboxylic acids is 2. The number of aromatic hydroxyl groups is 1. The van der Waals surface area contributed by atoms with Gasteiger partial charge in [0.25, 0.3) is 0 Å². The monoisotopic (exact) mass is 200 g/mol. The van der Waals surface area contributed by atoms with E-state index >= 15 is 0 Å². The van der Waals surface area contributed by atoms with Crippen LogP contribution < -0.4 is 0 Å². The summed E-state index contributed by atoms with van der Waals surface area (Å²) < 4.78 is 0. The van der Waals surface area contributed by atoms with E-state index in [4.69, 9.17) is 0 Å². The highest BCUT2D eigenvalue weighted by Gasteiger charge is 2.09. The van der Waals surface area contributed by atoms with E-state index in [0.29, 0.717) is 28.9 Å². The van der Waals surface area contributed by atoms with Gasteiger partial charge in [0.15, 0.2) is 12.6 Å². The van der Waals surface area contributed by atoms with Crippen LogP contribution in [0, 0.1) is 0 Å². The molecule has 0 radical (unpaired) electrons. The van der Waals surface area contributed by atoms with Crippen LogP contribution in [0.3, 0.4) is 0 Å². The summed E-state index contributed by atoms with van der Waals surface area (Å²) in [5, 5.41) is 10.9. The van der Waals surface area contributed by atoms with E-state index in [1.54, 1.807) is 24.3 Å². The summed E-state index contributed by atoms with van der Waals surface area (Å²) in [4.78, 5) is 21.5. The number of hydrogen-bond donors (Lipinski definition) is 1. The first-order valence-electron chi connectivity index (χ1n) is 4.43. The first-order valence-corrected chi connectivity index (χ1v) is 4.43. The lowest BCUT2D eigenvalue weighted by molar-refractivity contribution is 0.112. The van der Waals surface area contributed by atoms with E-state index in [1.165, 1.54) is 6.07 Å². The highest BCUT2D eigenvalue weighted by Crippen LogP contribution is 2.29. The lowest BCUT2D eigenvalue weighted by Gasteiger charge is -2.05. The van der Waals surface area contributed by atoms with Crippen LogP contribution in [-0.2, 0) is 0 Å². The van der Waals surface area contributed by atoms with Crippen molar-refractivity contribution in [3.05, 3.63) is 41.5 Å². The molecule has 0 saturated carbocycles. The highest BCUT2D eigenvalue weighted by molar-refractivity contribution is 6.05. The van der Waals surface area contributed by atoms with Gasteiger partial charge in [0, 0.05) is 10.9 Å². The largest absolute Gasteiger partial charge is 0.507 e. The zero-order valence-corrected chi connectivity index (χ0v) is 7.81. The van der Waals surface area contributed by atoms with Crippen molar-refractivity contribution in [3.8, 4) is 5.75 Å². The Bertz CT molecular complexity index is 544. The molecule has 0 fully saturated rings. The predicted octanol–water partition coefficient (Wildman–Crippen LogP) is 2.17. The standard InChI is InChI=1S/C12H8O3/c13-6-8-5-9(7-14)12(15)11-4-2-1-3-10(8)11/h1-7,15H. The molecular formula is C12H8O3. The van der Waals surface area contributed by atoms with Crippen molar-refractivity contribution in [1.29, 1.82) is 0 Å². The Hall–Kier alpha value is -2.16. The molecule has 0 bridgehead atoms. The van der Waals surface area contributed by atoms with Gasteiger partial charge in [-0.2, -0.15) is 0 Å². The molecule has 3 nitrogen and oxygen atoms in total. The SMILES string of the molecule is O=Cc1cc(C=O)c2ccccc2c1O. The van der Waals surface area contributed by atoms with Crippen LogP contribution in [-0.4, -0.2) is 17.7 Å². The van der Waals surface area contributed by atoms with Gasteiger partial charge in [0.2, 0.25) is 0 Å². The van der Waals surface area contributed by atoms with Crippen LogP contribution in [0.15, 0.2) is 30.3 Å². The Morgan fingerprint density at radius 3 is 2.13 bits per heavy atom. The minimum absolute atomic E-state index is 0.0776. The van der Waals surface area contributed by atoms with E-state index in [0.717, 1.165) is 0 Å². The lowest BCUT2D eigenvalue weighted by atomic mass is 10.0. The summed E-state index contributed by atoms with van der Waals surface area (Å²) >= 11 is 0. The van der Waals surface area contributed by atoms with Gasteiger partial charge in [-0.25, -0.2) is 0 Å². The Morgan fingerprint density at radius 2 is 1.53 bits per heavy atom. The van der Waals surface area contributed by atoms with Crippen LogP contribution in [0.4, 0.5) is 0 Å². The number of benzene rings is 2. The smallest absolute Gasteiger partial charge is 0.153 e. The van der Waals surface area contributed by atoms with Gasteiger partial charge in [-0.05, 0) is 11.5 Å². The molecule has 0 aliphatic carbocycles. The van der Waals surface area contributed by atoms with E-state index in [-0.39, 0.29) is 11.3 Å². The predicted molar refractivity (Wildman–Crippen MR) is 56.4 cm³/mol. The molecule has 0 heterocycles. The number of phenols is 1. The van der Waals surface area contributed by atoms with E-state index < -0.39 is 0 Å². The molecule has 0 aliphatic heterocycles. The van der Waals surface area contributed by atoms with Crippen molar-refractivity contribution in [1.82, 2.24) is 0 Å². The molecule has 0 atom stereocenters. The first kappa shape index (κ1) is 9.40. The fourth-order valence-electron chi connectivity index (χ4n) is 1.60. The molecule has 0 spiro atoms. The van der Waals surface area contributed by atoms with Crippen LogP contribution in [0.1, 0.15) is 20.7 Å². The molecule has 74 valence electrons. The first-order chi connectivity index (χ1) is 7.27. The topological polar surface area (TPSA) is 54.4 Å². The van der Waals surface area contributed by atoms with Crippen molar-refractivity contribution in [2.75, 3.05) is 0 Å². The van der Waals surface area contributed by atoms with Crippen LogP contribution in [0.5, 0.6) is 5.75 Å². The molecule has 2 aromatic rings. The van der Waals surface area contributed by atoms with Gasteiger partial charge < -0.3 is 5.11 Å². The summed E-state index contributed by atoms with van der Waals surface area (Å²) in [5.41, 5.74) is 0.543. The Balaban J connectivity index is 2.96. The van der Waals surface area contributed by atoms with Crippen molar-refractivity contribution in [2.45, 2.75) is 0 Å². The maximum Gasteiger partial charge on any atom is 0.153 e. The molecule has 1 N–H and O–H groups in total. The quantitative estimate of drug-likeness (QED) is 0.756. The van der Waals surface area contributed by atoms with Gasteiger partial charge in [-0.1, -0.05) is 24.3 Å². The van der Waals surface area contributed by atoms with Crippen LogP contribution in [0.25, 0.3) is 10.8 Å². The summed E-state index contributed by atoms with van der Waals surface area (Å²) in [6.07, 6.45) is 1.21. The number of rotatable bonds is 2. The third-order valence-electron chi connectivity index (χ3n) is 2.33. The molecule has 0 aliphatic rings. The fraction of sp³-hybridized carbons (Fsp3) is 0. The van der Waals surface area contributed by atoms with E-state index in [9.17, 15) is 14.7 Å². The van der Waals surface area contributed by atoms with Gasteiger partial charge >= 0.3 is 0 Å².